The van der Waals surface area contributed by atoms with Gasteiger partial charge in [-0.25, -0.2) is 0 Å². The van der Waals surface area contributed by atoms with Gasteiger partial charge in [-0.05, 0) is 29.3 Å². The van der Waals surface area contributed by atoms with Crippen molar-refractivity contribution in [3.05, 3.63) is 77.9 Å². The largest absolute Gasteiger partial charge is 0.507 e. The lowest BCUT2D eigenvalue weighted by Crippen LogP contribution is -2.18. The number of hydrogen-bond donors (Lipinski definition) is 2. The summed E-state index contributed by atoms with van der Waals surface area (Å²) < 4.78 is 0. The second kappa shape index (κ2) is 5.74. The maximum Gasteiger partial charge on any atom is 0.123 e. The molecule has 1 aromatic heterocycles. The third-order valence-electron chi connectivity index (χ3n) is 4.86. The number of fused-ring (bicyclic) bond motifs is 1. The first kappa shape index (κ1) is 15.4. The minimum absolute atomic E-state index is 0.179. The Morgan fingerprint density at radius 1 is 0.840 bits per heavy atom. The van der Waals surface area contributed by atoms with Crippen molar-refractivity contribution < 1.29 is 5.11 Å². The highest BCUT2D eigenvalue weighted by Gasteiger charge is 2.24. The minimum Gasteiger partial charge on any atom is -0.507 e. The molecule has 0 atom stereocenters. The molecule has 25 heavy (non-hydrogen) atoms. The Morgan fingerprint density at radius 3 is 2.44 bits per heavy atom. The number of H-pyrrole nitrogens is 1. The molecule has 0 radical (unpaired) electrons. The van der Waals surface area contributed by atoms with Gasteiger partial charge >= 0.3 is 0 Å². The topological polar surface area (TPSA) is 61.8 Å². The van der Waals surface area contributed by atoms with E-state index in [2.05, 4.69) is 53.5 Å². The average Bonchev–Trinajstić information content (AvgIpc) is 3.11. The Balaban J connectivity index is 1.89. The van der Waals surface area contributed by atoms with E-state index in [1.807, 2.05) is 36.4 Å². The van der Waals surface area contributed by atoms with E-state index >= 15 is 0 Å². The summed E-state index contributed by atoms with van der Waals surface area (Å²) >= 11 is 0. The predicted octanol–water partition coefficient (Wildman–Crippen LogP) is 4.66. The highest BCUT2D eigenvalue weighted by atomic mass is 16.3. The first-order valence-electron chi connectivity index (χ1n) is 8.26. The van der Waals surface area contributed by atoms with Crippen molar-refractivity contribution in [1.82, 2.24) is 15.4 Å². The Bertz CT molecular complexity index is 1040. The van der Waals surface area contributed by atoms with Crippen LogP contribution in [0.1, 0.15) is 25.0 Å². The molecule has 4 heteroatoms. The summed E-state index contributed by atoms with van der Waals surface area (Å²) in [6, 6.07) is 22.0. The lowest BCUT2D eigenvalue weighted by Gasteiger charge is -2.27. The molecule has 2 N–H and O–H groups in total. The van der Waals surface area contributed by atoms with E-state index in [9.17, 15) is 5.11 Å². The fraction of sp³-hybridized carbons (Fsp3) is 0.143. The summed E-state index contributed by atoms with van der Waals surface area (Å²) in [6.45, 7) is 4.38. The van der Waals surface area contributed by atoms with Crippen molar-refractivity contribution >= 4 is 11.0 Å². The van der Waals surface area contributed by atoms with E-state index in [4.69, 9.17) is 0 Å². The van der Waals surface area contributed by atoms with Gasteiger partial charge in [-0.2, -0.15) is 0 Å². The second-order valence-corrected chi connectivity index (χ2v) is 6.74. The summed E-state index contributed by atoms with van der Waals surface area (Å²) in [6.07, 6.45) is 0. The molecule has 0 unspecified atom stereocenters. The van der Waals surface area contributed by atoms with Gasteiger partial charge in [0.2, 0.25) is 0 Å². The lowest BCUT2D eigenvalue weighted by atomic mass is 9.77. The number of phenolic OH excluding ortho intramolecular Hbond substituents is 1. The molecule has 0 saturated carbocycles. The summed E-state index contributed by atoms with van der Waals surface area (Å²) in [5.74, 6) is 0.239. The first-order valence-corrected chi connectivity index (χ1v) is 8.26. The van der Waals surface area contributed by atoms with Gasteiger partial charge in [-0.15, -0.1) is 5.10 Å². The van der Waals surface area contributed by atoms with Crippen LogP contribution in [0.25, 0.3) is 22.2 Å². The lowest BCUT2D eigenvalue weighted by molar-refractivity contribution is 0.476. The van der Waals surface area contributed by atoms with Crippen LogP contribution in [-0.2, 0) is 5.41 Å². The van der Waals surface area contributed by atoms with Crippen LogP contribution in [0.4, 0.5) is 0 Å². The zero-order chi connectivity index (χ0) is 17.4. The van der Waals surface area contributed by atoms with Crippen LogP contribution in [0.3, 0.4) is 0 Å². The third-order valence-corrected chi connectivity index (χ3v) is 4.86. The Kier molecular flexibility index (Phi) is 3.53. The van der Waals surface area contributed by atoms with Gasteiger partial charge in [0.25, 0.3) is 0 Å². The molecule has 0 aliphatic rings. The molecule has 0 aliphatic carbocycles. The van der Waals surface area contributed by atoms with E-state index in [1.165, 1.54) is 5.56 Å². The maximum atomic E-state index is 10.5. The van der Waals surface area contributed by atoms with E-state index in [0.717, 1.165) is 27.7 Å². The number of aromatic amines is 1. The van der Waals surface area contributed by atoms with Crippen molar-refractivity contribution in [3.63, 3.8) is 0 Å². The molecule has 0 amide bonds. The van der Waals surface area contributed by atoms with E-state index in [0.29, 0.717) is 0 Å². The van der Waals surface area contributed by atoms with Gasteiger partial charge in [-0.1, -0.05) is 67.6 Å². The van der Waals surface area contributed by atoms with E-state index in [-0.39, 0.29) is 11.2 Å². The third kappa shape index (κ3) is 2.56. The predicted molar refractivity (Wildman–Crippen MR) is 99.6 cm³/mol. The van der Waals surface area contributed by atoms with Crippen LogP contribution in [0.2, 0.25) is 0 Å². The van der Waals surface area contributed by atoms with E-state index < -0.39 is 0 Å². The molecule has 0 bridgehead atoms. The fourth-order valence-corrected chi connectivity index (χ4v) is 3.25. The normalized spacial score (nSPS) is 11.8. The highest BCUT2D eigenvalue weighted by molar-refractivity contribution is 5.93. The molecule has 4 rings (SSSR count). The number of phenols is 1. The zero-order valence-electron chi connectivity index (χ0n) is 14.2. The Hall–Kier alpha value is -3.14. The quantitative estimate of drug-likeness (QED) is 0.575. The van der Waals surface area contributed by atoms with Crippen molar-refractivity contribution in [3.8, 4) is 16.9 Å². The SMILES string of the molecule is CC(C)(c1ccccc1)c1ccc(O)c(-c2cccc3[nH]nnc23)c1. The second-order valence-electron chi connectivity index (χ2n) is 6.74. The summed E-state index contributed by atoms with van der Waals surface area (Å²) in [5, 5.41) is 21.4. The van der Waals surface area contributed by atoms with Crippen molar-refractivity contribution in [2.24, 2.45) is 0 Å². The Labute approximate surface area is 146 Å². The van der Waals surface area contributed by atoms with Crippen molar-refractivity contribution in [2.75, 3.05) is 0 Å². The molecule has 124 valence electrons. The standard InChI is InChI=1S/C21H19N3O/c1-21(2,14-7-4-3-5-8-14)15-11-12-19(25)17(13-15)16-9-6-10-18-20(16)23-24-22-18/h3-13,25H,1-2H3,(H,22,23,24). The van der Waals surface area contributed by atoms with Crippen LogP contribution < -0.4 is 0 Å². The maximum absolute atomic E-state index is 10.5. The number of benzene rings is 3. The molecule has 3 aromatic carbocycles. The van der Waals surface area contributed by atoms with Gasteiger partial charge in [0.1, 0.15) is 11.3 Å². The van der Waals surface area contributed by atoms with Gasteiger partial charge in [-0.3, -0.25) is 5.10 Å². The number of nitrogens with zero attached hydrogens (tertiary/aromatic N) is 2. The molecule has 0 aliphatic heterocycles. The van der Waals surface area contributed by atoms with Crippen molar-refractivity contribution in [2.45, 2.75) is 19.3 Å². The van der Waals surface area contributed by atoms with Crippen molar-refractivity contribution in [1.29, 1.82) is 0 Å². The molecule has 0 saturated heterocycles. The van der Waals surface area contributed by atoms with Gasteiger partial charge < -0.3 is 5.11 Å². The number of hydrogen-bond acceptors (Lipinski definition) is 3. The van der Waals surface area contributed by atoms with Crippen LogP contribution in [-0.4, -0.2) is 20.5 Å². The molecule has 1 heterocycles. The zero-order valence-corrected chi connectivity index (χ0v) is 14.2. The molecular formula is C21H19N3O. The van der Waals surface area contributed by atoms with Gasteiger partial charge in [0, 0.05) is 16.5 Å². The van der Waals surface area contributed by atoms with Crippen LogP contribution in [0.5, 0.6) is 5.75 Å². The summed E-state index contributed by atoms with van der Waals surface area (Å²) in [5.41, 5.74) is 5.42. The Morgan fingerprint density at radius 2 is 1.64 bits per heavy atom. The van der Waals surface area contributed by atoms with Gasteiger partial charge in [0.15, 0.2) is 0 Å². The molecular weight excluding hydrogens is 310 g/mol. The molecule has 0 fully saturated rings. The number of nitrogens with one attached hydrogen (secondary N) is 1. The molecule has 4 nitrogen and oxygen atoms in total. The first-order chi connectivity index (χ1) is 12.1. The van der Waals surface area contributed by atoms with Crippen LogP contribution >= 0.6 is 0 Å². The minimum atomic E-state index is -0.179. The fourth-order valence-electron chi connectivity index (χ4n) is 3.25. The van der Waals surface area contributed by atoms with Crippen LogP contribution in [0, 0.1) is 0 Å². The number of aromatic hydroxyl groups is 1. The number of aromatic nitrogens is 3. The summed E-state index contributed by atoms with van der Waals surface area (Å²) in [4.78, 5) is 0. The molecule has 0 spiro atoms. The molecule has 4 aromatic rings. The average molecular weight is 329 g/mol. The number of rotatable bonds is 3. The highest BCUT2D eigenvalue weighted by Crippen LogP contribution is 2.38. The smallest absolute Gasteiger partial charge is 0.123 e. The van der Waals surface area contributed by atoms with Gasteiger partial charge in [0.05, 0.1) is 5.52 Å². The summed E-state index contributed by atoms with van der Waals surface area (Å²) in [7, 11) is 0. The van der Waals surface area contributed by atoms with E-state index in [1.54, 1.807) is 6.07 Å². The monoisotopic (exact) mass is 329 g/mol. The van der Waals surface area contributed by atoms with Crippen LogP contribution in [0.15, 0.2) is 66.7 Å².